The normalized spacial score (nSPS) is 26.3. The molecule has 1 saturated heterocycles. The molecule has 0 bridgehead atoms. The zero-order valence-electron chi connectivity index (χ0n) is 22.5. The van der Waals surface area contributed by atoms with E-state index < -0.39 is 74.1 Å². The van der Waals surface area contributed by atoms with Crippen molar-refractivity contribution in [2.45, 2.75) is 51.0 Å². The highest BCUT2D eigenvalue weighted by molar-refractivity contribution is 7.54. The Hall–Kier alpha value is -3.01. The molecule has 1 unspecified atom stereocenters. The number of nitrogens with zero attached hydrogens (tertiary/aromatic N) is 3. The summed E-state index contributed by atoms with van der Waals surface area (Å²) in [4.78, 5) is 31.7. The second-order valence-corrected chi connectivity index (χ2v) is 10.7. The van der Waals surface area contributed by atoms with Crippen LogP contribution < -0.4 is 15.9 Å². The highest BCUT2D eigenvalue weighted by Crippen LogP contribution is 2.51. The minimum absolute atomic E-state index is 0.00949. The van der Waals surface area contributed by atoms with Gasteiger partial charge in [-0.3, -0.25) is 13.9 Å². The summed E-state index contributed by atoms with van der Waals surface area (Å²) in [5.74, 6) is -0.402. The molecule has 38 heavy (non-hydrogen) atoms. The molecule has 0 spiro atoms. The first-order valence-corrected chi connectivity index (χ1v) is 13.3. The summed E-state index contributed by atoms with van der Waals surface area (Å²) in [5.41, 5.74) is 1.03. The number of carbonyl (C=O) groups is 1. The van der Waals surface area contributed by atoms with Crippen molar-refractivity contribution in [3.63, 3.8) is 0 Å². The third-order valence-electron chi connectivity index (χ3n) is 5.14. The molecule has 206 valence electrons. The van der Waals surface area contributed by atoms with Crippen LogP contribution in [0.2, 0.25) is 0 Å². The van der Waals surface area contributed by atoms with Crippen LogP contribution in [0, 0.1) is 17.2 Å². The van der Waals surface area contributed by atoms with Gasteiger partial charge >= 0.3 is 19.3 Å². The third kappa shape index (κ3) is 6.89. The summed E-state index contributed by atoms with van der Waals surface area (Å²) in [6, 6.07) is 7.57. The molecule has 2 heterocycles. The number of hydrogen-bond donors (Lipinski definition) is 2. The van der Waals surface area contributed by atoms with E-state index in [0.29, 0.717) is 4.57 Å². The van der Waals surface area contributed by atoms with Crippen LogP contribution in [0.25, 0.3) is 0 Å². The maximum atomic E-state index is 16.1. The topological polar surface area (TPSA) is 165 Å². The lowest BCUT2D eigenvalue weighted by atomic mass is 9.97. The van der Waals surface area contributed by atoms with Gasteiger partial charge in [0.25, 0.3) is 0 Å². The summed E-state index contributed by atoms with van der Waals surface area (Å²) in [5, 5.41) is 12.6. The number of hydrogen-bond acceptors (Lipinski definition) is 11. The predicted molar refractivity (Wildman–Crippen MR) is 134 cm³/mol. The van der Waals surface area contributed by atoms with Gasteiger partial charge in [-0.25, -0.2) is 18.7 Å². The van der Waals surface area contributed by atoms with Crippen molar-refractivity contribution in [2.24, 2.45) is 5.92 Å². The number of aromatic nitrogens is 3. The first kappa shape index (κ1) is 26.6. The zero-order valence-corrected chi connectivity index (χ0v) is 22.1. The van der Waals surface area contributed by atoms with Crippen LogP contribution in [0.4, 0.5) is 10.3 Å². The Balaban J connectivity index is 1.99. The molecule has 1 aromatic heterocycles. The number of esters is 1. The van der Waals surface area contributed by atoms with Gasteiger partial charge in [-0.15, -0.1) is 0 Å². The van der Waals surface area contributed by atoms with Crippen molar-refractivity contribution in [2.75, 3.05) is 18.5 Å². The number of aliphatic hydroxyl groups is 1. The van der Waals surface area contributed by atoms with Gasteiger partial charge in [-0.05, 0) is 43.5 Å². The van der Waals surface area contributed by atoms with E-state index in [1.165, 1.54) is 19.1 Å². The summed E-state index contributed by atoms with van der Waals surface area (Å²) in [7, 11) is -4.62. The van der Waals surface area contributed by atoms with Crippen LogP contribution in [0.5, 0.6) is 5.75 Å². The van der Waals surface area contributed by atoms with Crippen molar-refractivity contribution in [1.82, 2.24) is 14.5 Å². The third-order valence-corrected chi connectivity index (χ3v) is 7.10. The highest BCUT2D eigenvalue weighted by Gasteiger charge is 2.58. The van der Waals surface area contributed by atoms with E-state index >= 15 is 4.39 Å². The monoisotopic (exact) mass is 574 g/mol. The van der Waals surface area contributed by atoms with Gasteiger partial charge in [0, 0.05) is 5.38 Å². The van der Waals surface area contributed by atoms with E-state index in [2.05, 4.69) is 9.97 Å². The zero-order chi connectivity index (χ0) is 29.9. The standard InChI is InChI=1S/C23H27ClFN4O8P/c1-14(2)35-19(31)15(3)12-38(33,37-16-7-5-4-6-8-16)34-11-17-18(30)23(25,9-10-24)20(36-17)29-13-27-21(26)28-22(29)32/h4-8,13-15,17-18,20,30H,11-12H2,1-3H3,(H2,26,28,32)/t15-,17-,18+,20-,23?,38+/m1/s1/i11D2. The number of anilines is 1. The number of nitrogen functional groups attached to an aromatic ring is 1. The van der Waals surface area contributed by atoms with Crippen molar-refractivity contribution >= 4 is 31.1 Å². The van der Waals surface area contributed by atoms with E-state index in [9.17, 15) is 19.3 Å². The fourth-order valence-electron chi connectivity index (χ4n) is 3.39. The van der Waals surface area contributed by atoms with E-state index in [1.54, 1.807) is 37.4 Å². The Morgan fingerprint density at radius 1 is 1.42 bits per heavy atom. The molecule has 0 aliphatic carbocycles. The quantitative estimate of drug-likeness (QED) is 0.243. The van der Waals surface area contributed by atoms with Crippen molar-refractivity contribution in [3.8, 4) is 17.0 Å². The number of alkyl halides is 1. The van der Waals surface area contributed by atoms with Gasteiger partial charge < -0.3 is 24.8 Å². The molecule has 1 fully saturated rings. The SMILES string of the molecule is [2H]C([2H])(O[P@@](=O)(C[C@@H](C)C(=O)OC(C)C)Oc1ccccc1)[C@H]1O[C@@H](n2cnc(N)nc2=O)C(F)(C#CCl)[C@H]1O. The average molecular weight is 575 g/mol. The first-order valence-electron chi connectivity index (χ1n) is 12.2. The molecule has 1 aliphatic heterocycles. The lowest BCUT2D eigenvalue weighted by Crippen LogP contribution is -2.44. The van der Waals surface area contributed by atoms with Crippen molar-refractivity contribution in [1.29, 1.82) is 0 Å². The summed E-state index contributed by atoms with van der Waals surface area (Å²) < 4.78 is 68.8. The summed E-state index contributed by atoms with van der Waals surface area (Å²) in [6.07, 6.45) is -7.22. The largest absolute Gasteiger partial charge is 0.463 e. The number of para-hydroxylation sites is 1. The molecule has 6 atom stereocenters. The minimum Gasteiger partial charge on any atom is -0.463 e. The Bertz CT molecular complexity index is 1390. The number of rotatable bonds is 10. The fourth-order valence-corrected chi connectivity index (χ4v) is 5.25. The first-order chi connectivity index (χ1) is 18.6. The second kappa shape index (κ2) is 12.2. The maximum Gasteiger partial charge on any atom is 0.380 e. The van der Waals surface area contributed by atoms with E-state index in [0.717, 1.165) is 6.33 Å². The lowest BCUT2D eigenvalue weighted by molar-refractivity contribution is -0.151. The van der Waals surface area contributed by atoms with E-state index in [-0.39, 0.29) is 5.75 Å². The van der Waals surface area contributed by atoms with Crippen LogP contribution >= 0.6 is 19.2 Å². The molecule has 1 aliphatic rings. The Kier molecular flexibility index (Phi) is 8.56. The van der Waals surface area contributed by atoms with Gasteiger partial charge in [0.05, 0.1) is 27.5 Å². The number of benzene rings is 1. The van der Waals surface area contributed by atoms with Gasteiger partial charge in [-0.2, -0.15) is 4.98 Å². The fraction of sp³-hybridized carbons (Fsp3) is 0.478. The number of carbonyl (C=O) groups excluding carboxylic acids is 1. The molecule has 0 amide bonds. The molecule has 15 heteroatoms. The van der Waals surface area contributed by atoms with Crippen LogP contribution in [0.15, 0.2) is 41.5 Å². The van der Waals surface area contributed by atoms with Crippen LogP contribution in [0.3, 0.4) is 0 Å². The van der Waals surface area contributed by atoms with Crippen LogP contribution in [0.1, 0.15) is 29.7 Å². The molecular weight excluding hydrogens is 546 g/mol. The molecule has 0 radical (unpaired) electrons. The Morgan fingerprint density at radius 2 is 2.11 bits per heavy atom. The smallest absolute Gasteiger partial charge is 0.380 e. The minimum atomic E-state index is -4.62. The number of nitrogens with two attached hydrogens (primary N) is 1. The molecule has 3 rings (SSSR count). The number of halogens is 2. The van der Waals surface area contributed by atoms with Gasteiger partial charge in [0.1, 0.15) is 24.3 Å². The summed E-state index contributed by atoms with van der Waals surface area (Å²) in [6.45, 7) is 1.33. The van der Waals surface area contributed by atoms with Gasteiger partial charge in [0.15, 0.2) is 6.23 Å². The molecule has 1 aromatic carbocycles. The second-order valence-electron chi connectivity index (χ2n) is 8.54. The lowest BCUT2D eigenvalue weighted by Gasteiger charge is -2.24. The van der Waals surface area contributed by atoms with E-state index in [4.69, 9.17) is 38.6 Å². The molecule has 0 saturated carbocycles. The number of aliphatic hydroxyl groups excluding tert-OH is 1. The molecular formula is C23H27ClFN4O8P. The predicted octanol–water partition coefficient (Wildman–Crippen LogP) is 2.26. The molecule has 12 nitrogen and oxygen atoms in total. The molecule has 3 N–H and O–H groups in total. The summed E-state index contributed by atoms with van der Waals surface area (Å²) >= 11 is 5.40. The van der Waals surface area contributed by atoms with Crippen molar-refractivity contribution in [3.05, 3.63) is 47.1 Å². The average Bonchev–Trinajstić information content (AvgIpc) is 3.10. The highest BCUT2D eigenvalue weighted by atomic mass is 35.5. The molecule has 2 aromatic rings. The maximum absolute atomic E-state index is 16.1. The Morgan fingerprint density at radius 3 is 2.71 bits per heavy atom. The van der Waals surface area contributed by atoms with E-state index in [1.807, 2.05) is 5.92 Å². The number of ether oxygens (including phenoxy) is 2. The van der Waals surface area contributed by atoms with Crippen molar-refractivity contribution < 1.29 is 40.1 Å². The Labute approximate surface area is 225 Å². The van der Waals surface area contributed by atoms with Gasteiger partial charge in [0.2, 0.25) is 11.6 Å². The van der Waals surface area contributed by atoms with Crippen LogP contribution in [-0.2, 0) is 23.4 Å². The van der Waals surface area contributed by atoms with Crippen LogP contribution in [-0.4, -0.2) is 62.3 Å². The van der Waals surface area contributed by atoms with Gasteiger partial charge in [-0.1, -0.05) is 25.1 Å².